The average Bonchev–Trinajstić information content (AvgIpc) is 3.17. The number of hydrogen-bond acceptors (Lipinski definition) is 5. The second kappa shape index (κ2) is 10.4. The number of Topliss-reactive ketones (excluding diaryl/α,β-unsaturated/α-hetero) is 1. The Kier molecular flexibility index (Phi) is 7.12. The summed E-state index contributed by atoms with van der Waals surface area (Å²) < 4.78 is 17.2. The maximum Gasteiger partial charge on any atom is 0.193 e. The summed E-state index contributed by atoms with van der Waals surface area (Å²) in [5.41, 5.74) is 2.85. The van der Waals surface area contributed by atoms with Gasteiger partial charge in [-0.3, -0.25) is 4.79 Å². The van der Waals surface area contributed by atoms with Crippen molar-refractivity contribution in [3.63, 3.8) is 0 Å². The van der Waals surface area contributed by atoms with Crippen LogP contribution in [0, 0.1) is 0 Å². The highest BCUT2D eigenvalue weighted by molar-refractivity contribution is 6.03. The van der Waals surface area contributed by atoms with Gasteiger partial charge in [0.2, 0.25) is 0 Å². The molecular weight excluding hydrogens is 404 g/mol. The summed E-state index contributed by atoms with van der Waals surface area (Å²) in [6.45, 7) is 0.620. The summed E-state index contributed by atoms with van der Waals surface area (Å²) in [5, 5.41) is 10.9. The van der Waals surface area contributed by atoms with Gasteiger partial charge in [0.1, 0.15) is 18.0 Å². The summed E-state index contributed by atoms with van der Waals surface area (Å²) >= 11 is 0. The van der Waals surface area contributed by atoms with Crippen LogP contribution in [0.5, 0.6) is 5.75 Å². The smallest absolute Gasteiger partial charge is 0.193 e. The third-order valence-electron chi connectivity index (χ3n) is 5.47. The molecule has 3 aromatic rings. The molecule has 1 unspecified atom stereocenters. The van der Waals surface area contributed by atoms with E-state index in [-0.39, 0.29) is 18.0 Å². The number of rotatable bonds is 9. The summed E-state index contributed by atoms with van der Waals surface area (Å²) in [7, 11) is 1.58. The van der Waals surface area contributed by atoms with Crippen molar-refractivity contribution in [1.82, 2.24) is 0 Å². The highest BCUT2D eigenvalue weighted by atomic mass is 16.5. The fraction of sp³-hybridized carbons (Fsp3) is 0.222. The van der Waals surface area contributed by atoms with E-state index < -0.39 is 18.3 Å². The zero-order valence-electron chi connectivity index (χ0n) is 17.9. The van der Waals surface area contributed by atoms with Crippen LogP contribution in [0.2, 0.25) is 0 Å². The van der Waals surface area contributed by atoms with Crippen molar-refractivity contribution >= 4 is 5.78 Å². The minimum atomic E-state index is -1.07. The lowest BCUT2D eigenvalue weighted by atomic mass is 10.00. The van der Waals surface area contributed by atoms with Gasteiger partial charge in [0, 0.05) is 5.57 Å². The molecule has 1 N–H and O–H groups in total. The van der Waals surface area contributed by atoms with Gasteiger partial charge in [0.25, 0.3) is 0 Å². The van der Waals surface area contributed by atoms with Crippen LogP contribution in [0.1, 0.15) is 22.8 Å². The first kappa shape index (κ1) is 22.0. The van der Waals surface area contributed by atoms with Gasteiger partial charge in [-0.1, -0.05) is 72.8 Å². The van der Waals surface area contributed by atoms with Gasteiger partial charge in [-0.15, -0.1) is 0 Å². The van der Waals surface area contributed by atoms with Crippen LogP contribution in [0.15, 0.2) is 96.6 Å². The summed E-state index contributed by atoms with van der Waals surface area (Å²) in [4.78, 5) is 13.2. The number of ketones is 1. The topological polar surface area (TPSA) is 65.0 Å². The van der Waals surface area contributed by atoms with Crippen LogP contribution >= 0.6 is 0 Å². The van der Waals surface area contributed by atoms with Gasteiger partial charge in [-0.05, 0) is 34.9 Å². The maximum atomic E-state index is 13.2. The molecule has 0 radical (unpaired) electrons. The highest BCUT2D eigenvalue weighted by Gasteiger charge is 2.40. The molecule has 164 valence electrons. The molecule has 5 heteroatoms. The Morgan fingerprint density at radius 1 is 0.812 bits per heavy atom. The molecule has 0 amide bonds. The number of ether oxygens (including phenoxy) is 3. The molecule has 0 heterocycles. The molecule has 0 spiro atoms. The lowest BCUT2D eigenvalue weighted by Crippen LogP contribution is -2.33. The number of aliphatic hydroxyl groups is 1. The second-order valence-electron chi connectivity index (χ2n) is 7.64. The van der Waals surface area contributed by atoms with Crippen LogP contribution < -0.4 is 4.74 Å². The van der Waals surface area contributed by atoms with Gasteiger partial charge in [-0.25, -0.2) is 0 Å². The first-order valence-electron chi connectivity index (χ1n) is 10.5. The molecule has 32 heavy (non-hydrogen) atoms. The van der Waals surface area contributed by atoms with Crippen LogP contribution in [0.25, 0.3) is 0 Å². The molecule has 0 fully saturated rings. The van der Waals surface area contributed by atoms with Gasteiger partial charge in [0.15, 0.2) is 11.9 Å². The van der Waals surface area contributed by atoms with E-state index >= 15 is 0 Å². The van der Waals surface area contributed by atoms with Crippen LogP contribution in [0.3, 0.4) is 0 Å². The van der Waals surface area contributed by atoms with E-state index in [4.69, 9.17) is 14.2 Å². The molecule has 0 saturated carbocycles. The van der Waals surface area contributed by atoms with E-state index in [0.29, 0.717) is 17.9 Å². The van der Waals surface area contributed by atoms with E-state index in [9.17, 15) is 9.90 Å². The van der Waals surface area contributed by atoms with Crippen LogP contribution in [-0.2, 0) is 27.5 Å². The summed E-state index contributed by atoms with van der Waals surface area (Å²) in [6.07, 6.45) is -0.784. The van der Waals surface area contributed by atoms with E-state index in [2.05, 4.69) is 0 Å². The summed E-state index contributed by atoms with van der Waals surface area (Å²) in [5.74, 6) is 0.420. The Bertz CT molecular complexity index is 1040. The lowest BCUT2D eigenvalue weighted by molar-refractivity contribution is -0.135. The monoisotopic (exact) mass is 430 g/mol. The Balaban J connectivity index is 1.52. The van der Waals surface area contributed by atoms with Crippen molar-refractivity contribution in [3.8, 4) is 5.75 Å². The Morgan fingerprint density at radius 3 is 1.94 bits per heavy atom. The minimum absolute atomic E-state index is 0.262. The number of benzene rings is 3. The zero-order chi connectivity index (χ0) is 22.3. The SMILES string of the molecule is COc1ccc(C(O)C2=C[C@H](OCc3ccccc3)[C@@H](OCc3ccccc3)C2=O)cc1. The van der Waals surface area contributed by atoms with Crippen molar-refractivity contribution in [2.45, 2.75) is 31.5 Å². The van der Waals surface area contributed by atoms with Gasteiger partial charge >= 0.3 is 0 Å². The third kappa shape index (κ3) is 5.14. The number of carbonyl (C=O) groups excluding carboxylic acids is 1. The number of aliphatic hydroxyl groups excluding tert-OH is 1. The van der Waals surface area contributed by atoms with Gasteiger partial charge in [-0.2, -0.15) is 0 Å². The fourth-order valence-corrected chi connectivity index (χ4v) is 3.68. The molecule has 5 nitrogen and oxygen atoms in total. The molecule has 0 bridgehead atoms. The van der Waals surface area contributed by atoms with Crippen molar-refractivity contribution in [2.24, 2.45) is 0 Å². The number of carbonyl (C=O) groups is 1. The molecule has 0 aromatic heterocycles. The summed E-state index contributed by atoms with van der Waals surface area (Å²) in [6, 6.07) is 26.4. The molecule has 0 saturated heterocycles. The van der Waals surface area contributed by atoms with Crippen molar-refractivity contribution < 1.29 is 24.1 Å². The molecule has 3 atom stereocenters. The molecule has 1 aliphatic carbocycles. The zero-order valence-corrected chi connectivity index (χ0v) is 17.9. The number of methoxy groups -OCH3 is 1. The van der Waals surface area contributed by atoms with Crippen molar-refractivity contribution in [2.75, 3.05) is 7.11 Å². The van der Waals surface area contributed by atoms with E-state index in [1.165, 1.54) is 0 Å². The molecular formula is C27H26O5. The van der Waals surface area contributed by atoms with Gasteiger partial charge < -0.3 is 19.3 Å². The molecule has 3 aromatic carbocycles. The Hall–Kier alpha value is -3.25. The standard InChI is InChI=1S/C27H26O5/c1-30-22-14-12-21(13-15-22)25(28)23-16-24(31-17-19-8-4-2-5-9-19)27(26(23)29)32-18-20-10-6-3-7-11-20/h2-16,24-25,27-28H,17-18H2,1H3/t24-,25?,27+/m0/s1. The first-order chi connectivity index (χ1) is 15.7. The average molecular weight is 431 g/mol. The maximum absolute atomic E-state index is 13.2. The third-order valence-corrected chi connectivity index (χ3v) is 5.47. The van der Waals surface area contributed by atoms with Crippen molar-refractivity contribution in [1.29, 1.82) is 0 Å². The highest BCUT2D eigenvalue weighted by Crippen LogP contribution is 2.32. The Labute approximate surface area is 187 Å². The lowest BCUT2D eigenvalue weighted by Gasteiger charge is -2.20. The van der Waals surface area contributed by atoms with Crippen LogP contribution in [-0.4, -0.2) is 30.2 Å². The van der Waals surface area contributed by atoms with E-state index in [0.717, 1.165) is 11.1 Å². The minimum Gasteiger partial charge on any atom is -0.497 e. The van der Waals surface area contributed by atoms with E-state index in [1.54, 1.807) is 37.5 Å². The molecule has 0 aliphatic heterocycles. The quantitative estimate of drug-likeness (QED) is 0.545. The fourth-order valence-electron chi connectivity index (χ4n) is 3.68. The van der Waals surface area contributed by atoms with Crippen molar-refractivity contribution in [3.05, 3.63) is 113 Å². The predicted octanol–water partition coefficient (Wildman–Crippen LogP) is 4.41. The van der Waals surface area contributed by atoms with Gasteiger partial charge in [0.05, 0.1) is 20.3 Å². The molecule has 1 aliphatic rings. The predicted molar refractivity (Wildman–Crippen MR) is 121 cm³/mol. The van der Waals surface area contributed by atoms with Crippen LogP contribution in [0.4, 0.5) is 0 Å². The Morgan fingerprint density at radius 2 is 1.38 bits per heavy atom. The first-order valence-corrected chi connectivity index (χ1v) is 10.5. The second-order valence-corrected chi connectivity index (χ2v) is 7.64. The largest absolute Gasteiger partial charge is 0.497 e. The normalized spacial score (nSPS) is 18.9. The molecule has 4 rings (SSSR count). The van der Waals surface area contributed by atoms with E-state index in [1.807, 2.05) is 60.7 Å². The number of hydrogen-bond donors (Lipinski definition) is 1.